The Hall–Kier alpha value is -2.58. The van der Waals surface area contributed by atoms with Crippen molar-refractivity contribution >= 4 is 5.91 Å². The number of rotatable bonds is 6. The summed E-state index contributed by atoms with van der Waals surface area (Å²) in [4.78, 5) is 25.0. The maximum Gasteiger partial charge on any atom is 0.253 e. The molecule has 2 aromatic rings. The van der Waals surface area contributed by atoms with Crippen LogP contribution in [0.15, 0.2) is 30.5 Å². The molecule has 0 N–H and O–H groups in total. The van der Waals surface area contributed by atoms with Gasteiger partial charge < -0.3 is 14.4 Å². The van der Waals surface area contributed by atoms with Crippen LogP contribution in [-0.2, 0) is 4.74 Å². The molecule has 0 atom stereocenters. The van der Waals surface area contributed by atoms with Gasteiger partial charge in [-0.1, -0.05) is 12.1 Å². The van der Waals surface area contributed by atoms with Gasteiger partial charge in [-0.3, -0.25) is 9.69 Å². The fraction of sp³-hybridized carbons (Fsp3) is 0.421. The van der Waals surface area contributed by atoms with E-state index in [-0.39, 0.29) is 11.8 Å². The van der Waals surface area contributed by atoms with E-state index in [0.29, 0.717) is 36.6 Å². The molecule has 0 unspecified atom stereocenters. The van der Waals surface area contributed by atoms with E-state index < -0.39 is 5.82 Å². The molecule has 0 radical (unpaired) electrons. The van der Waals surface area contributed by atoms with Gasteiger partial charge in [0.1, 0.15) is 0 Å². The van der Waals surface area contributed by atoms with Gasteiger partial charge in [-0.05, 0) is 12.1 Å². The molecule has 0 bridgehead atoms. The number of aromatic nitrogens is 2. The summed E-state index contributed by atoms with van der Waals surface area (Å²) in [6, 6.07) is 7.05. The molecular weight excluding hydrogens is 351 g/mol. The Morgan fingerprint density at radius 2 is 2.00 bits per heavy atom. The van der Waals surface area contributed by atoms with E-state index in [1.54, 1.807) is 31.4 Å². The van der Waals surface area contributed by atoms with Crippen molar-refractivity contribution in [2.75, 3.05) is 53.6 Å². The van der Waals surface area contributed by atoms with E-state index in [4.69, 9.17) is 9.47 Å². The Bertz CT molecular complexity index is 794. The lowest BCUT2D eigenvalue weighted by molar-refractivity contribution is 0.0594. The van der Waals surface area contributed by atoms with E-state index in [2.05, 4.69) is 14.9 Å². The quantitative estimate of drug-likeness (QED) is 0.767. The molecule has 3 rings (SSSR count). The summed E-state index contributed by atoms with van der Waals surface area (Å²) in [6.45, 7) is 4.57. The molecule has 0 aliphatic carbocycles. The third-order valence-electron chi connectivity index (χ3n) is 4.54. The maximum absolute atomic E-state index is 13.5. The summed E-state index contributed by atoms with van der Waals surface area (Å²) in [7, 11) is 3.04. The van der Waals surface area contributed by atoms with Crippen LogP contribution in [0.1, 0.15) is 10.4 Å². The topological polar surface area (TPSA) is 67.8 Å². The molecule has 0 spiro atoms. The minimum Gasteiger partial charge on any atom is -0.479 e. The smallest absolute Gasteiger partial charge is 0.253 e. The van der Waals surface area contributed by atoms with Crippen LogP contribution in [0, 0.1) is 5.82 Å². The SMILES string of the molecule is COCCN1CCN(C(=O)c2cccc(-c3ncc(F)c(OC)n3)c2)CC1. The number of benzene rings is 1. The zero-order valence-electron chi connectivity index (χ0n) is 15.5. The molecule has 1 saturated heterocycles. The molecule has 0 saturated carbocycles. The van der Waals surface area contributed by atoms with E-state index in [9.17, 15) is 9.18 Å². The lowest BCUT2D eigenvalue weighted by Crippen LogP contribution is -2.49. The van der Waals surface area contributed by atoms with Gasteiger partial charge in [0.05, 0.1) is 19.9 Å². The van der Waals surface area contributed by atoms with Gasteiger partial charge in [0.25, 0.3) is 11.8 Å². The van der Waals surface area contributed by atoms with Crippen LogP contribution in [0.2, 0.25) is 0 Å². The third kappa shape index (κ3) is 4.58. The highest BCUT2D eigenvalue weighted by molar-refractivity contribution is 5.95. The first-order chi connectivity index (χ1) is 13.1. The summed E-state index contributed by atoms with van der Waals surface area (Å²) in [5.41, 5.74) is 1.20. The summed E-state index contributed by atoms with van der Waals surface area (Å²) >= 11 is 0. The predicted octanol–water partition coefficient (Wildman–Crippen LogP) is 1.70. The Kier molecular flexibility index (Phi) is 6.31. The molecule has 7 nitrogen and oxygen atoms in total. The molecule has 1 aromatic carbocycles. The molecule has 27 heavy (non-hydrogen) atoms. The van der Waals surface area contributed by atoms with E-state index in [0.717, 1.165) is 25.8 Å². The monoisotopic (exact) mass is 374 g/mol. The molecular formula is C19H23FN4O3. The number of amides is 1. The van der Waals surface area contributed by atoms with Crippen LogP contribution in [0.3, 0.4) is 0 Å². The van der Waals surface area contributed by atoms with Gasteiger partial charge in [-0.25, -0.2) is 4.98 Å². The van der Waals surface area contributed by atoms with Crippen LogP contribution in [0.25, 0.3) is 11.4 Å². The zero-order chi connectivity index (χ0) is 19.2. The molecule has 1 fully saturated rings. The van der Waals surface area contributed by atoms with Gasteiger partial charge in [-0.2, -0.15) is 9.37 Å². The number of hydrogen-bond donors (Lipinski definition) is 0. The Morgan fingerprint density at radius 3 is 2.70 bits per heavy atom. The van der Waals surface area contributed by atoms with Crippen molar-refractivity contribution in [1.29, 1.82) is 0 Å². The number of piperazine rings is 1. The molecule has 1 amide bonds. The molecule has 8 heteroatoms. The van der Waals surface area contributed by atoms with E-state index in [1.807, 2.05) is 4.90 Å². The maximum atomic E-state index is 13.5. The summed E-state index contributed by atoms with van der Waals surface area (Å²) in [5.74, 6) is -0.465. The standard InChI is InChI=1S/C19H23FN4O3/c1-26-11-10-23-6-8-24(9-7-23)19(25)15-5-3-4-14(12-15)17-21-13-16(20)18(22-17)27-2/h3-5,12-13H,6-11H2,1-2H3. The van der Waals surface area contributed by atoms with Crippen LogP contribution in [-0.4, -0.2) is 79.2 Å². The minimum absolute atomic E-state index is 0.0303. The first kappa shape index (κ1) is 19.2. The number of methoxy groups -OCH3 is 2. The molecule has 1 aliphatic heterocycles. The number of halogens is 1. The predicted molar refractivity (Wildman–Crippen MR) is 98.2 cm³/mol. The highest BCUT2D eigenvalue weighted by atomic mass is 19.1. The lowest BCUT2D eigenvalue weighted by Gasteiger charge is -2.34. The summed E-state index contributed by atoms with van der Waals surface area (Å²) in [6.07, 6.45) is 1.06. The van der Waals surface area contributed by atoms with Gasteiger partial charge in [-0.15, -0.1) is 0 Å². The number of nitrogens with zero attached hydrogens (tertiary/aromatic N) is 4. The van der Waals surface area contributed by atoms with Crippen molar-refractivity contribution in [3.63, 3.8) is 0 Å². The minimum atomic E-state index is -0.625. The first-order valence-corrected chi connectivity index (χ1v) is 8.80. The van der Waals surface area contributed by atoms with E-state index >= 15 is 0 Å². The lowest BCUT2D eigenvalue weighted by atomic mass is 10.1. The molecule has 1 aliphatic rings. The zero-order valence-corrected chi connectivity index (χ0v) is 15.5. The number of carbonyl (C=O) groups is 1. The second kappa shape index (κ2) is 8.88. The van der Waals surface area contributed by atoms with Crippen molar-refractivity contribution in [2.45, 2.75) is 0 Å². The largest absolute Gasteiger partial charge is 0.479 e. The fourth-order valence-corrected chi connectivity index (χ4v) is 3.00. The molecule has 144 valence electrons. The third-order valence-corrected chi connectivity index (χ3v) is 4.54. The molecule has 1 aromatic heterocycles. The first-order valence-electron chi connectivity index (χ1n) is 8.80. The van der Waals surface area contributed by atoms with Crippen molar-refractivity contribution < 1.29 is 18.7 Å². The highest BCUT2D eigenvalue weighted by Crippen LogP contribution is 2.21. The van der Waals surface area contributed by atoms with Crippen LogP contribution in [0.5, 0.6) is 5.88 Å². The van der Waals surface area contributed by atoms with Crippen LogP contribution in [0.4, 0.5) is 4.39 Å². The fourth-order valence-electron chi connectivity index (χ4n) is 3.00. The van der Waals surface area contributed by atoms with Gasteiger partial charge in [0, 0.05) is 51.0 Å². The van der Waals surface area contributed by atoms with Crippen LogP contribution >= 0.6 is 0 Å². The number of hydrogen-bond acceptors (Lipinski definition) is 6. The van der Waals surface area contributed by atoms with Gasteiger partial charge in [0.15, 0.2) is 5.82 Å². The summed E-state index contributed by atoms with van der Waals surface area (Å²) in [5, 5.41) is 0. The average molecular weight is 374 g/mol. The number of carbonyl (C=O) groups excluding carboxylic acids is 1. The second-order valence-corrected chi connectivity index (χ2v) is 6.26. The Morgan fingerprint density at radius 1 is 1.22 bits per heavy atom. The highest BCUT2D eigenvalue weighted by Gasteiger charge is 2.22. The Balaban J connectivity index is 1.71. The van der Waals surface area contributed by atoms with E-state index in [1.165, 1.54) is 7.11 Å². The number of ether oxygens (including phenoxy) is 2. The van der Waals surface area contributed by atoms with Crippen molar-refractivity contribution in [2.24, 2.45) is 0 Å². The second-order valence-electron chi connectivity index (χ2n) is 6.26. The van der Waals surface area contributed by atoms with Crippen molar-refractivity contribution in [1.82, 2.24) is 19.8 Å². The Labute approximate surface area is 157 Å². The van der Waals surface area contributed by atoms with Gasteiger partial charge in [0.2, 0.25) is 5.82 Å². The summed E-state index contributed by atoms with van der Waals surface area (Å²) < 4.78 is 23.5. The van der Waals surface area contributed by atoms with Crippen molar-refractivity contribution in [3.05, 3.63) is 41.8 Å². The average Bonchev–Trinajstić information content (AvgIpc) is 2.72. The molecule has 2 heterocycles. The van der Waals surface area contributed by atoms with Crippen molar-refractivity contribution in [3.8, 4) is 17.3 Å². The van der Waals surface area contributed by atoms with Gasteiger partial charge >= 0.3 is 0 Å². The van der Waals surface area contributed by atoms with Crippen LogP contribution < -0.4 is 4.74 Å². The normalized spacial score (nSPS) is 15.0.